The summed E-state index contributed by atoms with van der Waals surface area (Å²) in [6, 6.07) is 9.73. The lowest BCUT2D eigenvalue weighted by Gasteiger charge is -2.32. The summed E-state index contributed by atoms with van der Waals surface area (Å²) in [6.45, 7) is 0. The van der Waals surface area contributed by atoms with Crippen LogP contribution in [0.25, 0.3) is 11.0 Å². The molecule has 0 spiro atoms. The summed E-state index contributed by atoms with van der Waals surface area (Å²) in [6.07, 6.45) is 5.50. The first-order valence-electron chi connectivity index (χ1n) is 12.9. The van der Waals surface area contributed by atoms with Crippen LogP contribution in [0.5, 0.6) is 0 Å². The Kier molecular flexibility index (Phi) is 7.76. The highest BCUT2D eigenvalue weighted by Gasteiger charge is 2.30. The Hall–Kier alpha value is -2.98. The van der Waals surface area contributed by atoms with Crippen molar-refractivity contribution in [1.29, 1.82) is 0 Å². The number of halogens is 1. The molecular formula is C27H32FN5O3S. The summed E-state index contributed by atoms with van der Waals surface area (Å²) in [5.41, 5.74) is 6.54. The molecule has 1 aliphatic heterocycles. The number of aromatic nitrogens is 3. The fourth-order valence-electron chi connectivity index (χ4n) is 5.55. The van der Waals surface area contributed by atoms with Crippen LogP contribution in [0.4, 0.5) is 4.39 Å². The SMILES string of the molecule is N[C@H](Cc1ccccc1)C(=O)NC1CCC(n2c(=O)c3cc(F)cnc3n(C3CCSCC3)c2=O)CC1. The molecule has 1 amide bonds. The minimum absolute atomic E-state index is 0.0669. The van der Waals surface area contributed by atoms with E-state index < -0.39 is 17.4 Å². The second kappa shape index (κ2) is 11.2. The third-order valence-electron chi connectivity index (χ3n) is 7.52. The number of fused-ring (bicyclic) bond motifs is 1. The van der Waals surface area contributed by atoms with Crippen LogP contribution in [0.15, 0.2) is 52.2 Å². The number of hydrogen-bond donors (Lipinski definition) is 2. The first-order valence-corrected chi connectivity index (χ1v) is 14.1. The van der Waals surface area contributed by atoms with E-state index in [1.807, 2.05) is 42.1 Å². The second-order valence-corrected chi connectivity index (χ2v) is 11.2. The fraction of sp³-hybridized carbons (Fsp3) is 0.481. The molecule has 1 aliphatic carbocycles. The average Bonchev–Trinajstić information content (AvgIpc) is 2.91. The van der Waals surface area contributed by atoms with Gasteiger partial charge in [-0.1, -0.05) is 30.3 Å². The van der Waals surface area contributed by atoms with E-state index in [4.69, 9.17) is 5.73 Å². The topological polar surface area (TPSA) is 112 Å². The molecule has 1 saturated carbocycles. The van der Waals surface area contributed by atoms with Gasteiger partial charge in [-0.2, -0.15) is 11.8 Å². The predicted octanol–water partition coefficient (Wildman–Crippen LogP) is 2.94. The number of nitrogens with two attached hydrogens (primary N) is 1. The molecule has 0 radical (unpaired) electrons. The number of thioether (sulfide) groups is 1. The molecule has 1 atom stereocenters. The van der Waals surface area contributed by atoms with Crippen molar-refractivity contribution in [1.82, 2.24) is 19.4 Å². The fourth-order valence-corrected chi connectivity index (χ4v) is 6.63. The van der Waals surface area contributed by atoms with Crippen molar-refractivity contribution in [3.63, 3.8) is 0 Å². The Morgan fingerprint density at radius 2 is 1.73 bits per heavy atom. The van der Waals surface area contributed by atoms with Gasteiger partial charge in [0.25, 0.3) is 5.56 Å². The molecule has 0 unspecified atom stereocenters. The van der Waals surface area contributed by atoms with Crippen LogP contribution in [0.3, 0.4) is 0 Å². The van der Waals surface area contributed by atoms with Gasteiger partial charge in [-0.25, -0.2) is 14.2 Å². The zero-order chi connectivity index (χ0) is 25.9. The zero-order valence-electron chi connectivity index (χ0n) is 20.6. The van der Waals surface area contributed by atoms with Crippen molar-refractivity contribution in [2.45, 2.75) is 69.1 Å². The van der Waals surface area contributed by atoms with Crippen LogP contribution in [-0.2, 0) is 11.2 Å². The van der Waals surface area contributed by atoms with Crippen molar-refractivity contribution < 1.29 is 9.18 Å². The smallest absolute Gasteiger partial charge is 0.333 e. The van der Waals surface area contributed by atoms with E-state index in [9.17, 15) is 18.8 Å². The summed E-state index contributed by atoms with van der Waals surface area (Å²) in [4.78, 5) is 44.0. The molecule has 3 heterocycles. The van der Waals surface area contributed by atoms with Crippen LogP contribution in [0, 0.1) is 5.82 Å². The lowest BCUT2D eigenvalue weighted by atomic mass is 9.90. The molecule has 196 valence electrons. The molecule has 2 aromatic heterocycles. The number of nitrogens with zero attached hydrogens (tertiary/aromatic N) is 3. The molecule has 1 saturated heterocycles. The normalized spacial score (nSPS) is 21.6. The quantitative estimate of drug-likeness (QED) is 0.512. The molecule has 3 aromatic rings. The van der Waals surface area contributed by atoms with E-state index in [0.29, 0.717) is 32.1 Å². The van der Waals surface area contributed by atoms with Gasteiger partial charge < -0.3 is 11.1 Å². The van der Waals surface area contributed by atoms with Gasteiger partial charge in [0, 0.05) is 18.1 Å². The number of hydrogen-bond acceptors (Lipinski definition) is 6. The van der Waals surface area contributed by atoms with E-state index in [-0.39, 0.29) is 40.8 Å². The van der Waals surface area contributed by atoms with Crippen molar-refractivity contribution in [2.75, 3.05) is 11.5 Å². The lowest BCUT2D eigenvalue weighted by molar-refractivity contribution is -0.123. The highest BCUT2D eigenvalue weighted by atomic mass is 32.2. The van der Waals surface area contributed by atoms with E-state index in [1.165, 1.54) is 10.6 Å². The van der Waals surface area contributed by atoms with E-state index in [2.05, 4.69) is 10.3 Å². The molecule has 1 aromatic carbocycles. The number of carbonyl (C=O) groups excluding carboxylic acids is 1. The number of benzene rings is 1. The third kappa shape index (κ3) is 5.50. The summed E-state index contributed by atoms with van der Waals surface area (Å²) in [7, 11) is 0. The molecule has 5 rings (SSSR count). The zero-order valence-corrected chi connectivity index (χ0v) is 21.5. The molecule has 10 heteroatoms. The van der Waals surface area contributed by atoms with Crippen LogP contribution in [0.1, 0.15) is 56.2 Å². The lowest BCUT2D eigenvalue weighted by Crippen LogP contribution is -2.49. The largest absolute Gasteiger partial charge is 0.352 e. The first-order chi connectivity index (χ1) is 17.9. The van der Waals surface area contributed by atoms with E-state index in [0.717, 1.165) is 36.1 Å². The van der Waals surface area contributed by atoms with Gasteiger partial charge in [0.05, 0.1) is 17.6 Å². The standard InChI is InChI=1S/C27H32FN5O3S/c28-18-15-22-24(30-16-18)32(21-10-12-37-13-11-21)27(36)33(26(22)35)20-8-6-19(7-9-20)31-25(34)23(29)14-17-4-2-1-3-5-17/h1-5,15-16,19-21,23H,6-14,29H2,(H,31,34)/t19?,20?,23-/m1/s1. The van der Waals surface area contributed by atoms with Crippen LogP contribution < -0.4 is 22.3 Å². The Bertz CT molecular complexity index is 1380. The van der Waals surface area contributed by atoms with Crippen molar-refractivity contribution >= 4 is 28.7 Å². The Labute approximate surface area is 218 Å². The molecule has 0 bridgehead atoms. The summed E-state index contributed by atoms with van der Waals surface area (Å²) >= 11 is 1.84. The van der Waals surface area contributed by atoms with Crippen LogP contribution >= 0.6 is 11.8 Å². The average molecular weight is 526 g/mol. The maximum atomic E-state index is 14.1. The van der Waals surface area contributed by atoms with Gasteiger partial charge in [0.15, 0.2) is 0 Å². The number of rotatable bonds is 6. The second-order valence-electron chi connectivity index (χ2n) is 10.0. The van der Waals surface area contributed by atoms with Gasteiger partial charge in [0.1, 0.15) is 11.5 Å². The minimum atomic E-state index is -0.647. The summed E-state index contributed by atoms with van der Waals surface area (Å²) in [5, 5.41) is 3.18. The van der Waals surface area contributed by atoms with Gasteiger partial charge in [-0.05, 0) is 68.1 Å². The summed E-state index contributed by atoms with van der Waals surface area (Å²) < 4.78 is 17.0. The van der Waals surface area contributed by atoms with Gasteiger partial charge in [0.2, 0.25) is 5.91 Å². The highest BCUT2D eigenvalue weighted by molar-refractivity contribution is 7.99. The number of pyridine rings is 1. The number of amides is 1. The maximum absolute atomic E-state index is 14.1. The Morgan fingerprint density at radius 3 is 2.43 bits per heavy atom. The maximum Gasteiger partial charge on any atom is 0.333 e. The number of carbonyl (C=O) groups is 1. The summed E-state index contributed by atoms with van der Waals surface area (Å²) in [5.74, 6) is 1.06. The molecular weight excluding hydrogens is 493 g/mol. The van der Waals surface area contributed by atoms with Crippen molar-refractivity contribution in [3.8, 4) is 0 Å². The molecule has 37 heavy (non-hydrogen) atoms. The molecule has 8 nitrogen and oxygen atoms in total. The predicted molar refractivity (Wildman–Crippen MR) is 143 cm³/mol. The van der Waals surface area contributed by atoms with Crippen molar-refractivity contribution in [2.24, 2.45) is 5.73 Å². The number of nitrogens with one attached hydrogen (secondary N) is 1. The Balaban J connectivity index is 1.34. The van der Waals surface area contributed by atoms with Gasteiger partial charge in [-0.15, -0.1) is 0 Å². The molecule has 2 fully saturated rings. The van der Waals surface area contributed by atoms with Gasteiger partial charge in [-0.3, -0.25) is 18.7 Å². The van der Waals surface area contributed by atoms with Crippen molar-refractivity contribution in [3.05, 3.63) is 74.8 Å². The van der Waals surface area contributed by atoms with Gasteiger partial charge >= 0.3 is 5.69 Å². The highest BCUT2D eigenvalue weighted by Crippen LogP contribution is 2.30. The van der Waals surface area contributed by atoms with Crippen LogP contribution in [0.2, 0.25) is 0 Å². The Morgan fingerprint density at radius 1 is 1.05 bits per heavy atom. The molecule has 2 aliphatic rings. The van der Waals surface area contributed by atoms with E-state index >= 15 is 0 Å². The molecule has 3 N–H and O–H groups in total. The monoisotopic (exact) mass is 525 g/mol. The van der Waals surface area contributed by atoms with E-state index in [1.54, 1.807) is 4.57 Å². The van der Waals surface area contributed by atoms with Crippen LogP contribution in [-0.4, -0.2) is 43.6 Å². The third-order valence-corrected chi connectivity index (χ3v) is 8.57. The minimum Gasteiger partial charge on any atom is -0.352 e. The first kappa shape index (κ1) is 25.7.